The number of nitrogen functional groups attached to an aromatic ring is 1. The zero-order chi connectivity index (χ0) is 36.2. The Hall–Kier alpha value is -4.55. The molecule has 2 aliphatic carbocycles. The van der Waals surface area contributed by atoms with E-state index in [2.05, 4.69) is 40.1 Å². The van der Waals surface area contributed by atoms with Crippen LogP contribution in [0.3, 0.4) is 0 Å². The topological polar surface area (TPSA) is 148 Å². The summed E-state index contributed by atoms with van der Waals surface area (Å²) in [4.78, 5) is 5.37. The van der Waals surface area contributed by atoms with E-state index in [-0.39, 0.29) is 15.2 Å². The Kier molecular flexibility index (Phi) is 10.6. The van der Waals surface area contributed by atoms with Crippen LogP contribution in [0, 0.1) is 11.8 Å². The SMILES string of the molecule is CC(C)(C)c1nc2cc(NS(=O)(=O)c3ccccc3)ccc2n1CC1CCC1.Nc1cc(NS(=O)(=O)c2ccccc2)ccc1NCC1CCC1. The number of nitrogens with two attached hydrogens (primary N) is 1. The summed E-state index contributed by atoms with van der Waals surface area (Å²) in [5.74, 6) is 2.50. The lowest BCUT2D eigenvalue weighted by Crippen LogP contribution is -2.24. The smallest absolute Gasteiger partial charge is 0.261 e. The first-order valence-corrected chi connectivity index (χ1v) is 20.5. The largest absolute Gasteiger partial charge is 0.397 e. The number of nitrogens with zero attached hydrogens (tertiary/aromatic N) is 2. The maximum absolute atomic E-state index is 12.6. The second kappa shape index (κ2) is 15.0. The van der Waals surface area contributed by atoms with Crippen LogP contribution in [0.25, 0.3) is 11.0 Å². The number of hydrogen-bond acceptors (Lipinski definition) is 7. The molecular formula is C39H48N6O4S2. The van der Waals surface area contributed by atoms with Gasteiger partial charge in [0.25, 0.3) is 20.0 Å². The Morgan fingerprint density at radius 2 is 1.25 bits per heavy atom. The molecule has 0 amide bonds. The summed E-state index contributed by atoms with van der Waals surface area (Å²) in [6, 6.07) is 27.5. The molecule has 1 heterocycles. The van der Waals surface area contributed by atoms with Gasteiger partial charge >= 0.3 is 0 Å². The number of rotatable bonds is 11. The van der Waals surface area contributed by atoms with Crippen molar-refractivity contribution in [3.8, 4) is 0 Å². The predicted octanol–water partition coefficient (Wildman–Crippen LogP) is 8.22. The second-order valence-electron chi connectivity index (χ2n) is 14.6. The van der Waals surface area contributed by atoms with Crippen LogP contribution in [0.1, 0.15) is 65.1 Å². The molecule has 2 saturated carbocycles. The van der Waals surface area contributed by atoms with Crippen molar-refractivity contribution >= 4 is 53.8 Å². The van der Waals surface area contributed by atoms with Crippen molar-refractivity contribution in [2.75, 3.05) is 27.0 Å². The molecule has 7 rings (SSSR count). The summed E-state index contributed by atoms with van der Waals surface area (Å²) in [5.41, 5.74) is 10.2. The van der Waals surface area contributed by atoms with Gasteiger partial charge in [0.1, 0.15) is 5.82 Å². The van der Waals surface area contributed by atoms with Gasteiger partial charge in [0, 0.05) is 18.5 Å². The normalized spacial score (nSPS) is 15.3. The third-order valence-electron chi connectivity index (χ3n) is 9.55. The minimum Gasteiger partial charge on any atom is -0.397 e. The summed E-state index contributed by atoms with van der Waals surface area (Å²) in [6.45, 7) is 8.41. The van der Waals surface area contributed by atoms with Crippen molar-refractivity contribution in [3.63, 3.8) is 0 Å². The van der Waals surface area contributed by atoms with E-state index >= 15 is 0 Å². The standard InChI is InChI=1S/C22H27N3O2S.C17H21N3O2S/c1-22(2,3)21-23-19-14-17(24-28(26,27)18-10-5-4-6-11-18)12-13-20(19)25(21)15-16-8-7-9-16;18-16-11-14(9-10-17(16)19-12-13-5-4-6-13)20-23(21,22)15-7-2-1-3-8-15/h4-6,10-14,16,24H,7-9,15H2,1-3H3;1-3,7-11,13,19-20H,4-6,12,18H2. The molecule has 0 bridgehead atoms. The van der Waals surface area contributed by atoms with E-state index < -0.39 is 20.0 Å². The maximum Gasteiger partial charge on any atom is 0.261 e. The van der Waals surface area contributed by atoms with Gasteiger partial charge in [0.15, 0.2) is 0 Å². The maximum atomic E-state index is 12.6. The van der Waals surface area contributed by atoms with Crippen LogP contribution in [0.15, 0.2) is 107 Å². The lowest BCUT2D eigenvalue weighted by atomic mass is 9.85. The molecule has 0 aliphatic heterocycles. The summed E-state index contributed by atoms with van der Waals surface area (Å²) in [7, 11) is -7.20. The number of anilines is 4. The zero-order valence-electron chi connectivity index (χ0n) is 29.5. The number of sulfonamides is 2. The molecule has 0 radical (unpaired) electrons. The molecule has 5 N–H and O–H groups in total. The van der Waals surface area contributed by atoms with Crippen molar-refractivity contribution < 1.29 is 16.8 Å². The van der Waals surface area contributed by atoms with Gasteiger partial charge < -0.3 is 15.6 Å². The molecular weight excluding hydrogens is 681 g/mol. The predicted molar refractivity (Wildman–Crippen MR) is 207 cm³/mol. The number of hydrogen-bond donors (Lipinski definition) is 4. The Bertz CT molecular complexity index is 2170. The molecule has 0 unspecified atom stereocenters. The number of imidazole rings is 1. The van der Waals surface area contributed by atoms with Crippen molar-refractivity contribution in [2.24, 2.45) is 11.8 Å². The van der Waals surface area contributed by atoms with Crippen LogP contribution >= 0.6 is 0 Å². The Morgan fingerprint density at radius 3 is 1.75 bits per heavy atom. The quantitative estimate of drug-likeness (QED) is 0.100. The first-order valence-electron chi connectivity index (χ1n) is 17.6. The Balaban J connectivity index is 0.000000179. The summed E-state index contributed by atoms with van der Waals surface area (Å²) >= 11 is 0. The van der Waals surface area contributed by atoms with E-state index in [1.54, 1.807) is 72.8 Å². The van der Waals surface area contributed by atoms with Gasteiger partial charge in [0.2, 0.25) is 0 Å². The molecule has 4 aromatic carbocycles. The molecule has 2 fully saturated rings. The molecule has 12 heteroatoms. The van der Waals surface area contributed by atoms with Gasteiger partial charge in [0.05, 0.1) is 43.6 Å². The number of nitrogens with one attached hydrogen (secondary N) is 3. The highest BCUT2D eigenvalue weighted by Crippen LogP contribution is 2.34. The number of fused-ring (bicyclic) bond motifs is 1. The van der Waals surface area contributed by atoms with Gasteiger partial charge in [-0.05, 0) is 98.2 Å². The number of aromatic nitrogens is 2. The van der Waals surface area contributed by atoms with E-state index in [4.69, 9.17) is 10.7 Å². The van der Waals surface area contributed by atoms with E-state index in [1.165, 1.54) is 38.5 Å². The fraction of sp³-hybridized carbons (Fsp3) is 0.359. The van der Waals surface area contributed by atoms with Gasteiger partial charge in [-0.3, -0.25) is 9.44 Å². The van der Waals surface area contributed by atoms with Crippen LogP contribution in [-0.4, -0.2) is 32.9 Å². The highest BCUT2D eigenvalue weighted by atomic mass is 32.2. The van der Waals surface area contributed by atoms with Gasteiger partial charge in [-0.25, -0.2) is 21.8 Å². The van der Waals surface area contributed by atoms with Crippen molar-refractivity contribution in [3.05, 3.63) is 103 Å². The van der Waals surface area contributed by atoms with Crippen LogP contribution in [0.2, 0.25) is 0 Å². The van der Waals surface area contributed by atoms with Crippen molar-refractivity contribution in [1.29, 1.82) is 0 Å². The van der Waals surface area contributed by atoms with E-state index in [1.807, 2.05) is 24.3 Å². The van der Waals surface area contributed by atoms with Gasteiger partial charge in [-0.15, -0.1) is 0 Å². The molecule has 270 valence electrons. The van der Waals surface area contributed by atoms with Gasteiger partial charge in [-0.1, -0.05) is 70.0 Å². The molecule has 2 aliphatic rings. The first kappa shape index (κ1) is 36.2. The molecule has 0 saturated heterocycles. The monoisotopic (exact) mass is 728 g/mol. The molecule has 51 heavy (non-hydrogen) atoms. The minimum atomic E-state index is -3.61. The van der Waals surface area contributed by atoms with Crippen molar-refractivity contribution in [2.45, 2.75) is 81.0 Å². The lowest BCUT2D eigenvalue weighted by Gasteiger charge is -2.29. The Labute approximate surface area is 302 Å². The van der Waals surface area contributed by atoms with E-state index in [0.29, 0.717) is 17.1 Å². The molecule has 5 aromatic rings. The van der Waals surface area contributed by atoms with Crippen molar-refractivity contribution in [1.82, 2.24) is 9.55 Å². The molecule has 0 spiro atoms. The fourth-order valence-corrected chi connectivity index (χ4v) is 8.39. The van der Waals surface area contributed by atoms with E-state index in [9.17, 15) is 16.8 Å². The number of benzene rings is 4. The van der Waals surface area contributed by atoms with Crippen LogP contribution in [0.4, 0.5) is 22.7 Å². The molecule has 10 nitrogen and oxygen atoms in total. The van der Waals surface area contributed by atoms with Crippen LogP contribution in [0.5, 0.6) is 0 Å². The van der Waals surface area contributed by atoms with Gasteiger partial charge in [-0.2, -0.15) is 0 Å². The lowest BCUT2D eigenvalue weighted by molar-refractivity contribution is 0.272. The second-order valence-corrected chi connectivity index (χ2v) is 18.0. The molecule has 0 atom stereocenters. The first-order chi connectivity index (χ1) is 24.3. The third kappa shape index (κ3) is 8.85. The Morgan fingerprint density at radius 1 is 0.725 bits per heavy atom. The summed E-state index contributed by atoms with van der Waals surface area (Å²) < 4.78 is 57.4. The van der Waals surface area contributed by atoms with E-state index in [0.717, 1.165) is 47.5 Å². The average molecular weight is 729 g/mol. The average Bonchev–Trinajstić information content (AvgIpc) is 3.42. The summed E-state index contributed by atoms with van der Waals surface area (Å²) in [6.07, 6.45) is 7.70. The highest BCUT2D eigenvalue weighted by Gasteiger charge is 2.27. The summed E-state index contributed by atoms with van der Waals surface area (Å²) in [5, 5.41) is 3.33. The van der Waals surface area contributed by atoms with Crippen LogP contribution < -0.4 is 20.5 Å². The minimum absolute atomic E-state index is 0.0769. The molecule has 1 aromatic heterocycles. The van der Waals surface area contributed by atoms with Crippen LogP contribution in [-0.2, 0) is 32.0 Å². The zero-order valence-corrected chi connectivity index (χ0v) is 31.1. The highest BCUT2D eigenvalue weighted by molar-refractivity contribution is 7.93. The fourth-order valence-electron chi connectivity index (χ4n) is 6.25. The third-order valence-corrected chi connectivity index (χ3v) is 12.3.